The lowest BCUT2D eigenvalue weighted by molar-refractivity contribution is 0.315. The van der Waals surface area contributed by atoms with Gasteiger partial charge in [-0.15, -0.1) is 0 Å². The van der Waals surface area contributed by atoms with E-state index in [1.165, 1.54) is 12.8 Å². The molecule has 1 aliphatic rings. The van der Waals surface area contributed by atoms with Crippen molar-refractivity contribution in [2.24, 2.45) is 16.8 Å². The Morgan fingerprint density at radius 2 is 2.10 bits per heavy atom. The van der Waals surface area contributed by atoms with Crippen LogP contribution < -0.4 is 5.73 Å². The van der Waals surface area contributed by atoms with Crippen LogP contribution in [0.2, 0.25) is 0 Å². The average Bonchev–Trinajstić information content (AvgIpc) is 1.94. The Kier molecular flexibility index (Phi) is 2.81. The van der Waals surface area contributed by atoms with Gasteiger partial charge in [-0.1, -0.05) is 18.0 Å². The van der Waals surface area contributed by atoms with Gasteiger partial charge in [0, 0.05) is 6.04 Å². The van der Waals surface area contributed by atoms with Crippen molar-refractivity contribution in [2.75, 3.05) is 6.54 Å². The SMILES string of the molecule is NC1CCCCC1CN=O. The maximum atomic E-state index is 9.91. The van der Waals surface area contributed by atoms with Gasteiger partial charge in [0.25, 0.3) is 0 Å². The minimum Gasteiger partial charge on any atom is -0.327 e. The van der Waals surface area contributed by atoms with Crippen molar-refractivity contribution in [3.05, 3.63) is 4.91 Å². The van der Waals surface area contributed by atoms with Crippen LogP contribution in [0.5, 0.6) is 0 Å². The van der Waals surface area contributed by atoms with Crippen molar-refractivity contribution in [2.45, 2.75) is 31.7 Å². The topological polar surface area (TPSA) is 55.4 Å². The Bertz CT molecular complexity index is 116. The van der Waals surface area contributed by atoms with Crippen LogP contribution in [0.3, 0.4) is 0 Å². The highest BCUT2D eigenvalue weighted by atomic mass is 16.3. The summed E-state index contributed by atoms with van der Waals surface area (Å²) < 4.78 is 0. The summed E-state index contributed by atoms with van der Waals surface area (Å²) in [5, 5.41) is 2.88. The molecule has 1 fully saturated rings. The van der Waals surface area contributed by atoms with E-state index in [4.69, 9.17) is 5.73 Å². The molecule has 0 heterocycles. The molecule has 0 radical (unpaired) electrons. The summed E-state index contributed by atoms with van der Waals surface area (Å²) in [6, 6.07) is 0.228. The number of hydrogen-bond acceptors (Lipinski definition) is 3. The minimum absolute atomic E-state index is 0.228. The number of nitroso groups, excluding NO2 is 1. The van der Waals surface area contributed by atoms with Crippen molar-refractivity contribution in [1.29, 1.82) is 0 Å². The van der Waals surface area contributed by atoms with Crippen LogP contribution in [0.4, 0.5) is 0 Å². The van der Waals surface area contributed by atoms with Gasteiger partial charge in [0.2, 0.25) is 0 Å². The van der Waals surface area contributed by atoms with Crippen molar-refractivity contribution >= 4 is 0 Å². The normalized spacial score (nSPS) is 33.7. The Balaban J connectivity index is 2.32. The fraction of sp³-hybridized carbons (Fsp3) is 1.00. The van der Waals surface area contributed by atoms with Crippen LogP contribution in [0.1, 0.15) is 25.7 Å². The molecule has 2 atom stereocenters. The molecule has 1 rings (SSSR count). The largest absolute Gasteiger partial charge is 0.327 e. The van der Waals surface area contributed by atoms with Crippen LogP contribution >= 0.6 is 0 Å². The molecule has 58 valence electrons. The second-order valence-electron chi connectivity index (χ2n) is 3.02. The molecule has 2 unspecified atom stereocenters. The van der Waals surface area contributed by atoms with Gasteiger partial charge in [0.1, 0.15) is 0 Å². The van der Waals surface area contributed by atoms with Gasteiger partial charge in [0.15, 0.2) is 0 Å². The Hall–Kier alpha value is -0.440. The molecule has 3 heteroatoms. The van der Waals surface area contributed by atoms with E-state index >= 15 is 0 Å². The van der Waals surface area contributed by atoms with Gasteiger partial charge in [-0.3, -0.25) is 0 Å². The van der Waals surface area contributed by atoms with Crippen LogP contribution in [0.15, 0.2) is 5.18 Å². The molecular weight excluding hydrogens is 128 g/mol. The van der Waals surface area contributed by atoms with Crippen molar-refractivity contribution < 1.29 is 0 Å². The summed E-state index contributed by atoms with van der Waals surface area (Å²) >= 11 is 0. The van der Waals surface area contributed by atoms with E-state index in [1.807, 2.05) is 0 Å². The van der Waals surface area contributed by atoms with E-state index in [0.29, 0.717) is 12.5 Å². The smallest absolute Gasteiger partial charge is 0.0854 e. The lowest BCUT2D eigenvalue weighted by Crippen LogP contribution is -2.34. The summed E-state index contributed by atoms with van der Waals surface area (Å²) in [7, 11) is 0. The number of nitrogens with zero attached hydrogens (tertiary/aromatic N) is 1. The van der Waals surface area contributed by atoms with E-state index < -0.39 is 0 Å². The molecule has 0 spiro atoms. The molecule has 0 aromatic carbocycles. The highest BCUT2D eigenvalue weighted by Crippen LogP contribution is 2.22. The third-order valence-electron chi connectivity index (χ3n) is 2.28. The van der Waals surface area contributed by atoms with E-state index in [1.54, 1.807) is 0 Å². The quantitative estimate of drug-likeness (QED) is 0.590. The zero-order valence-electron chi connectivity index (χ0n) is 6.12. The van der Waals surface area contributed by atoms with Gasteiger partial charge in [-0.25, -0.2) is 0 Å². The summed E-state index contributed by atoms with van der Waals surface area (Å²) in [5.74, 6) is 0.367. The predicted molar refractivity (Wildman–Crippen MR) is 40.6 cm³/mol. The lowest BCUT2D eigenvalue weighted by atomic mass is 9.85. The van der Waals surface area contributed by atoms with Gasteiger partial charge >= 0.3 is 0 Å². The zero-order chi connectivity index (χ0) is 7.40. The summed E-state index contributed by atoms with van der Waals surface area (Å²) in [6.07, 6.45) is 4.59. The molecule has 1 saturated carbocycles. The molecule has 0 aromatic heterocycles. The first-order chi connectivity index (χ1) is 4.84. The third-order valence-corrected chi connectivity index (χ3v) is 2.28. The maximum absolute atomic E-state index is 9.91. The molecule has 0 saturated heterocycles. The standard InChI is InChI=1S/C7H14N2O/c8-7-4-2-1-3-6(7)5-9-10/h6-7H,1-5,8H2. The monoisotopic (exact) mass is 142 g/mol. The van der Waals surface area contributed by atoms with Gasteiger partial charge in [-0.2, -0.15) is 4.91 Å². The molecule has 2 N–H and O–H groups in total. The predicted octanol–water partition coefficient (Wildman–Crippen LogP) is 1.27. The molecule has 0 aromatic rings. The number of hydrogen-bond donors (Lipinski definition) is 1. The van der Waals surface area contributed by atoms with Crippen molar-refractivity contribution in [3.8, 4) is 0 Å². The fourth-order valence-corrected chi connectivity index (χ4v) is 1.56. The minimum atomic E-state index is 0.228. The average molecular weight is 142 g/mol. The molecule has 0 bridgehead atoms. The Labute approximate surface area is 61.0 Å². The highest BCUT2D eigenvalue weighted by molar-refractivity contribution is 4.78. The molecule has 10 heavy (non-hydrogen) atoms. The molecule has 0 aliphatic heterocycles. The van der Waals surface area contributed by atoms with E-state index in [-0.39, 0.29) is 6.04 Å². The first kappa shape index (κ1) is 7.66. The summed E-state index contributed by atoms with van der Waals surface area (Å²) in [5.41, 5.74) is 5.77. The number of rotatable bonds is 2. The van der Waals surface area contributed by atoms with E-state index in [9.17, 15) is 4.91 Å². The van der Waals surface area contributed by atoms with Crippen LogP contribution in [0, 0.1) is 10.8 Å². The Morgan fingerprint density at radius 3 is 2.70 bits per heavy atom. The third kappa shape index (κ3) is 1.77. The van der Waals surface area contributed by atoms with Gasteiger partial charge in [0.05, 0.1) is 6.54 Å². The fourth-order valence-electron chi connectivity index (χ4n) is 1.56. The van der Waals surface area contributed by atoms with Crippen molar-refractivity contribution in [1.82, 2.24) is 0 Å². The van der Waals surface area contributed by atoms with Crippen molar-refractivity contribution in [3.63, 3.8) is 0 Å². The second kappa shape index (κ2) is 3.66. The molecular formula is C7H14N2O. The van der Waals surface area contributed by atoms with E-state index in [2.05, 4.69) is 5.18 Å². The molecule has 0 amide bonds. The van der Waals surface area contributed by atoms with Gasteiger partial charge in [-0.05, 0) is 18.8 Å². The van der Waals surface area contributed by atoms with E-state index in [0.717, 1.165) is 12.8 Å². The van der Waals surface area contributed by atoms with Crippen LogP contribution in [0.25, 0.3) is 0 Å². The first-order valence-corrected chi connectivity index (χ1v) is 3.89. The summed E-state index contributed by atoms with van der Waals surface area (Å²) in [4.78, 5) is 9.91. The molecule has 3 nitrogen and oxygen atoms in total. The van der Waals surface area contributed by atoms with Crippen LogP contribution in [-0.4, -0.2) is 12.6 Å². The number of nitrogens with two attached hydrogens (primary N) is 1. The first-order valence-electron chi connectivity index (χ1n) is 3.89. The maximum Gasteiger partial charge on any atom is 0.0854 e. The zero-order valence-corrected chi connectivity index (χ0v) is 6.12. The second-order valence-corrected chi connectivity index (χ2v) is 3.02. The van der Waals surface area contributed by atoms with Crippen LogP contribution in [-0.2, 0) is 0 Å². The molecule has 1 aliphatic carbocycles. The highest BCUT2D eigenvalue weighted by Gasteiger charge is 2.21. The van der Waals surface area contributed by atoms with Gasteiger partial charge < -0.3 is 5.73 Å². The summed E-state index contributed by atoms with van der Waals surface area (Å²) in [6.45, 7) is 0.418. The Morgan fingerprint density at radius 1 is 1.40 bits per heavy atom. The lowest BCUT2D eigenvalue weighted by Gasteiger charge is -2.25.